The minimum Gasteiger partial charge on any atom is -0.349 e. The quantitative estimate of drug-likeness (QED) is 0.596. The maximum atomic E-state index is 12.7. The minimum atomic E-state index is -0.167. The molecule has 3 rings (SSSR count). The van der Waals surface area contributed by atoms with E-state index >= 15 is 0 Å². The monoisotopic (exact) mass is 416 g/mol. The van der Waals surface area contributed by atoms with Crippen molar-refractivity contribution in [3.8, 4) is 0 Å². The SMILES string of the molecule is CC(=O)Nc1cc(C(=O)NC2CCCCCC2)ccc1Sc1ccc(Cl)cc1. The lowest BCUT2D eigenvalue weighted by atomic mass is 10.1. The zero-order chi connectivity index (χ0) is 19.9. The van der Waals surface area contributed by atoms with Crippen LogP contribution in [0.2, 0.25) is 5.02 Å². The van der Waals surface area contributed by atoms with Crippen molar-refractivity contribution in [3.05, 3.63) is 53.1 Å². The van der Waals surface area contributed by atoms with Crippen LogP contribution in [0.15, 0.2) is 52.3 Å². The van der Waals surface area contributed by atoms with Gasteiger partial charge in [-0.25, -0.2) is 0 Å². The van der Waals surface area contributed by atoms with Gasteiger partial charge in [0.25, 0.3) is 5.91 Å². The number of amides is 2. The Labute approximate surface area is 175 Å². The van der Waals surface area contributed by atoms with E-state index in [1.807, 2.05) is 36.4 Å². The number of anilines is 1. The Kier molecular flexibility index (Phi) is 7.40. The fourth-order valence-corrected chi connectivity index (χ4v) is 4.38. The van der Waals surface area contributed by atoms with Crippen LogP contribution in [0.1, 0.15) is 55.8 Å². The van der Waals surface area contributed by atoms with Gasteiger partial charge >= 0.3 is 0 Å². The summed E-state index contributed by atoms with van der Waals surface area (Å²) in [6.07, 6.45) is 6.90. The van der Waals surface area contributed by atoms with Crippen molar-refractivity contribution in [2.24, 2.45) is 0 Å². The summed E-state index contributed by atoms with van der Waals surface area (Å²) in [7, 11) is 0. The molecule has 148 valence electrons. The number of hydrogen-bond acceptors (Lipinski definition) is 3. The summed E-state index contributed by atoms with van der Waals surface area (Å²) >= 11 is 7.47. The highest BCUT2D eigenvalue weighted by atomic mass is 35.5. The first-order valence-electron chi connectivity index (χ1n) is 9.67. The van der Waals surface area contributed by atoms with Crippen LogP contribution in [0, 0.1) is 0 Å². The van der Waals surface area contributed by atoms with E-state index in [1.165, 1.54) is 44.4 Å². The van der Waals surface area contributed by atoms with Crippen molar-refractivity contribution in [2.75, 3.05) is 5.32 Å². The predicted molar refractivity (Wildman–Crippen MR) is 115 cm³/mol. The molecule has 0 atom stereocenters. The highest BCUT2D eigenvalue weighted by molar-refractivity contribution is 7.99. The number of hydrogen-bond donors (Lipinski definition) is 2. The van der Waals surface area contributed by atoms with Crippen molar-refractivity contribution in [1.29, 1.82) is 0 Å². The summed E-state index contributed by atoms with van der Waals surface area (Å²) in [5.74, 6) is -0.249. The third kappa shape index (κ3) is 6.01. The molecule has 4 nitrogen and oxygen atoms in total. The average molecular weight is 417 g/mol. The van der Waals surface area contributed by atoms with E-state index < -0.39 is 0 Å². The zero-order valence-corrected chi connectivity index (χ0v) is 17.5. The summed E-state index contributed by atoms with van der Waals surface area (Å²) in [6, 6.07) is 13.2. The summed E-state index contributed by atoms with van der Waals surface area (Å²) in [4.78, 5) is 26.3. The number of halogens is 1. The van der Waals surface area contributed by atoms with Crippen LogP contribution in [-0.4, -0.2) is 17.9 Å². The van der Waals surface area contributed by atoms with Crippen LogP contribution in [0.3, 0.4) is 0 Å². The second-order valence-corrected chi connectivity index (χ2v) is 8.66. The Hall–Kier alpha value is -1.98. The normalized spacial score (nSPS) is 14.9. The van der Waals surface area contributed by atoms with Gasteiger partial charge < -0.3 is 10.6 Å². The Bertz CT molecular complexity index is 831. The molecule has 2 aromatic rings. The summed E-state index contributed by atoms with van der Waals surface area (Å²) < 4.78 is 0. The van der Waals surface area contributed by atoms with E-state index in [0.717, 1.165) is 22.6 Å². The van der Waals surface area contributed by atoms with Crippen molar-refractivity contribution < 1.29 is 9.59 Å². The molecule has 0 saturated heterocycles. The molecule has 0 heterocycles. The smallest absolute Gasteiger partial charge is 0.251 e. The van der Waals surface area contributed by atoms with E-state index in [1.54, 1.807) is 6.07 Å². The third-order valence-electron chi connectivity index (χ3n) is 4.78. The number of carbonyl (C=O) groups is 2. The Morgan fingerprint density at radius 1 is 1.00 bits per heavy atom. The topological polar surface area (TPSA) is 58.2 Å². The molecule has 2 amide bonds. The molecule has 0 unspecified atom stereocenters. The van der Waals surface area contributed by atoms with Crippen LogP contribution in [-0.2, 0) is 4.79 Å². The molecule has 0 bridgehead atoms. The molecule has 2 aromatic carbocycles. The van der Waals surface area contributed by atoms with Gasteiger partial charge in [0, 0.05) is 33.3 Å². The van der Waals surface area contributed by atoms with Crippen LogP contribution in [0.25, 0.3) is 0 Å². The Morgan fingerprint density at radius 3 is 2.32 bits per heavy atom. The van der Waals surface area contributed by atoms with Crippen LogP contribution >= 0.6 is 23.4 Å². The second kappa shape index (κ2) is 9.99. The Balaban J connectivity index is 1.77. The lowest BCUT2D eigenvalue weighted by Gasteiger charge is -2.17. The predicted octanol–water partition coefficient (Wildman–Crippen LogP) is 5.90. The van der Waals surface area contributed by atoms with Gasteiger partial charge in [0.05, 0.1) is 5.69 Å². The number of carbonyl (C=O) groups excluding carboxylic acids is 2. The largest absolute Gasteiger partial charge is 0.349 e. The Morgan fingerprint density at radius 2 is 1.68 bits per heavy atom. The molecule has 0 spiro atoms. The maximum absolute atomic E-state index is 12.7. The molecule has 1 fully saturated rings. The van der Waals surface area contributed by atoms with Gasteiger partial charge in [0.2, 0.25) is 5.91 Å². The van der Waals surface area contributed by atoms with Gasteiger partial charge in [-0.05, 0) is 55.3 Å². The van der Waals surface area contributed by atoms with Crippen LogP contribution < -0.4 is 10.6 Å². The van der Waals surface area contributed by atoms with Crippen LogP contribution in [0.4, 0.5) is 5.69 Å². The first-order chi connectivity index (χ1) is 13.5. The second-order valence-electron chi connectivity index (χ2n) is 7.11. The third-order valence-corrected chi connectivity index (χ3v) is 6.12. The van der Waals surface area contributed by atoms with E-state index in [4.69, 9.17) is 11.6 Å². The molecule has 0 radical (unpaired) electrons. The number of nitrogens with one attached hydrogen (secondary N) is 2. The van der Waals surface area contributed by atoms with Crippen molar-refractivity contribution in [1.82, 2.24) is 5.32 Å². The van der Waals surface area contributed by atoms with E-state index in [9.17, 15) is 9.59 Å². The molecule has 6 heteroatoms. The molecule has 1 aliphatic rings. The van der Waals surface area contributed by atoms with Crippen molar-refractivity contribution in [3.63, 3.8) is 0 Å². The van der Waals surface area contributed by atoms with Crippen molar-refractivity contribution in [2.45, 2.75) is 61.3 Å². The van der Waals surface area contributed by atoms with Crippen molar-refractivity contribution >= 4 is 40.9 Å². The number of benzene rings is 2. The van der Waals surface area contributed by atoms with E-state index in [0.29, 0.717) is 16.3 Å². The van der Waals surface area contributed by atoms with Gasteiger partial charge in [0.1, 0.15) is 0 Å². The first kappa shape index (κ1) is 20.7. The molecule has 0 aliphatic heterocycles. The summed E-state index contributed by atoms with van der Waals surface area (Å²) in [5.41, 5.74) is 1.20. The summed E-state index contributed by atoms with van der Waals surface area (Å²) in [5, 5.41) is 6.68. The fraction of sp³-hybridized carbons (Fsp3) is 0.364. The lowest BCUT2D eigenvalue weighted by Crippen LogP contribution is -2.34. The van der Waals surface area contributed by atoms with Gasteiger partial charge in [-0.2, -0.15) is 0 Å². The molecule has 28 heavy (non-hydrogen) atoms. The number of rotatable bonds is 5. The van der Waals surface area contributed by atoms with Gasteiger partial charge in [-0.15, -0.1) is 0 Å². The first-order valence-corrected chi connectivity index (χ1v) is 10.9. The molecular formula is C22H25ClN2O2S. The maximum Gasteiger partial charge on any atom is 0.251 e. The van der Waals surface area contributed by atoms with Gasteiger partial charge in [-0.1, -0.05) is 49.0 Å². The van der Waals surface area contributed by atoms with Gasteiger partial charge in [-0.3, -0.25) is 9.59 Å². The molecule has 1 aliphatic carbocycles. The zero-order valence-electron chi connectivity index (χ0n) is 16.0. The molecule has 1 saturated carbocycles. The molecule has 2 N–H and O–H groups in total. The van der Waals surface area contributed by atoms with Crippen LogP contribution in [0.5, 0.6) is 0 Å². The summed E-state index contributed by atoms with van der Waals surface area (Å²) in [6.45, 7) is 1.47. The fourth-order valence-electron chi connectivity index (χ4n) is 3.37. The average Bonchev–Trinajstić information content (AvgIpc) is 2.93. The van der Waals surface area contributed by atoms with E-state index in [-0.39, 0.29) is 17.9 Å². The lowest BCUT2D eigenvalue weighted by molar-refractivity contribution is -0.114. The minimum absolute atomic E-state index is 0.0819. The van der Waals surface area contributed by atoms with Gasteiger partial charge in [0.15, 0.2) is 0 Å². The molecular weight excluding hydrogens is 392 g/mol. The highest BCUT2D eigenvalue weighted by Gasteiger charge is 2.17. The van der Waals surface area contributed by atoms with E-state index in [2.05, 4.69) is 10.6 Å². The standard InChI is InChI=1S/C22H25ClN2O2S/c1-15(26)24-20-14-16(22(27)25-18-6-4-2-3-5-7-18)8-13-21(20)28-19-11-9-17(23)10-12-19/h8-14,18H,2-7H2,1H3,(H,24,26)(H,25,27). The molecule has 0 aromatic heterocycles. The highest BCUT2D eigenvalue weighted by Crippen LogP contribution is 2.35.